The first-order chi connectivity index (χ1) is 14.6. The van der Waals surface area contributed by atoms with Gasteiger partial charge in [0.2, 0.25) is 5.91 Å². The predicted molar refractivity (Wildman–Crippen MR) is 114 cm³/mol. The highest BCUT2D eigenvalue weighted by molar-refractivity contribution is 5.96. The Morgan fingerprint density at radius 2 is 1.63 bits per heavy atom. The predicted octanol–water partition coefficient (Wildman–Crippen LogP) is 3.69. The number of rotatable bonds is 6. The molecule has 1 aliphatic heterocycles. The van der Waals surface area contributed by atoms with Gasteiger partial charge >= 0.3 is 5.97 Å². The van der Waals surface area contributed by atoms with Crippen molar-refractivity contribution in [2.24, 2.45) is 5.92 Å². The Morgan fingerprint density at radius 1 is 0.967 bits per heavy atom. The van der Waals surface area contributed by atoms with E-state index < -0.39 is 11.9 Å². The summed E-state index contributed by atoms with van der Waals surface area (Å²) in [5, 5.41) is 0. The molecule has 0 unspecified atom stereocenters. The largest absolute Gasteiger partial charge is 0.455 e. The van der Waals surface area contributed by atoms with Crippen molar-refractivity contribution in [3.63, 3.8) is 0 Å². The number of carbonyl (C=O) groups excluding carboxylic acids is 3. The van der Waals surface area contributed by atoms with Gasteiger partial charge in [0.05, 0.1) is 5.92 Å². The Labute approximate surface area is 178 Å². The fourth-order valence-corrected chi connectivity index (χ4v) is 5.26. The summed E-state index contributed by atoms with van der Waals surface area (Å²) < 4.78 is 5.43. The molecule has 1 aromatic carbocycles. The van der Waals surface area contributed by atoms with Gasteiger partial charge in [-0.2, -0.15) is 0 Å². The van der Waals surface area contributed by atoms with Crippen LogP contribution in [0.4, 0.5) is 5.69 Å². The zero-order valence-electron chi connectivity index (χ0n) is 17.6. The van der Waals surface area contributed by atoms with Crippen molar-refractivity contribution in [2.45, 2.75) is 76.3 Å². The van der Waals surface area contributed by atoms with Crippen molar-refractivity contribution in [2.75, 3.05) is 18.1 Å². The van der Waals surface area contributed by atoms with Crippen LogP contribution in [-0.2, 0) is 19.1 Å². The minimum Gasteiger partial charge on any atom is -0.455 e. The molecule has 0 aromatic heterocycles. The standard InChI is InChI=1S/C24H32N2O4/c27-22-15-18(16-25(22)19-9-7-8-10-19)24(29)30-17-23(28)26(20-11-3-1-4-12-20)21-13-5-2-6-14-21/h1,3-4,11-12,18-19,21H,2,5-10,13-17H2/t18-/m0/s1. The Kier molecular flexibility index (Phi) is 6.70. The molecule has 30 heavy (non-hydrogen) atoms. The van der Waals surface area contributed by atoms with Gasteiger partial charge in [0.15, 0.2) is 6.61 Å². The van der Waals surface area contributed by atoms with E-state index in [1.165, 1.54) is 6.42 Å². The van der Waals surface area contributed by atoms with E-state index in [4.69, 9.17) is 4.74 Å². The average Bonchev–Trinajstić information content (AvgIpc) is 3.43. The van der Waals surface area contributed by atoms with Crippen molar-refractivity contribution in [1.29, 1.82) is 0 Å². The van der Waals surface area contributed by atoms with E-state index >= 15 is 0 Å². The lowest BCUT2D eigenvalue weighted by atomic mass is 9.93. The highest BCUT2D eigenvalue weighted by atomic mass is 16.5. The first-order valence-corrected chi connectivity index (χ1v) is 11.5. The normalized spacial score (nSPS) is 23.0. The fourth-order valence-electron chi connectivity index (χ4n) is 5.26. The van der Waals surface area contributed by atoms with E-state index in [0.29, 0.717) is 6.54 Å². The molecule has 2 amide bonds. The summed E-state index contributed by atoms with van der Waals surface area (Å²) in [6.07, 6.45) is 9.93. The van der Waals surface area contributed by atoms with Crippen LogP contribution in [-0.4, -0.2) is 47.9 Å². The van der Waals surface area contributed by atoms with Gasteiger partial charge in [-0.1, -0.05) is 50.3 Å². The first kappa shape index (κ1) is 20.9. The van der Waals surface area contributed by atoms with Gasteiger partial charge in [-0.25, -0.2) is 0 Å². The molecular weight excluding hydrogens is 380 g/mol. The van der Waals surface area contributed by atoms with Crippen LogP contribution in [0.15, 0.2) is 30.3 Å². The smallest absolute Gasteiger partial charge is 0.311 e. The maximum absolute atomic E-state index is 13.1. The monoisotopic (exact) mass is 412 g/mol. The second-order valence-corrected chi connectivity index (χ2v) is 8.88. The van der Waals surface area contributed by atoms with Gasteiger partial charge in [-0.3, -0.25) is 14.4 Å². The number of nitrogens with zero attached hydrogens (tertiary/aromatic N) is 2. The topological polar surface area (TPSA) is 66.9 Å². The molecule has 6 nitrogen and oxygen atoms in total. The number of ether oxygens (including phenoxy) is 1. The van der Waals surface area contributed by atoms with Crippen LogP contribution in [0.5, 0.6) is 0 Å². The molecule has 1 heterocycles. The molecule has 162 valence electrons. The number of amides is 2. The molecule has 0 N–H and O–H groups in total. The summed E-state index contributed by atoms with van der Waals surface area (Å²) in [5.41, 5.74) is 0.855. The number of likely N-dealkylation sites (tertiary alicyclic amines) is 1. The molecule has 3 fully saturated rings. The van der Waals surface area contributed by atoms with Gasteiger partial charge in [-0.15, -0.1) is 0 Å². The van der Waals surface area contributed by atoms with Crippen molar-refractivity contribution < 1.29 is 19.1 Å². The van der Waals surface area contributed by atoms with E-state index in [0.717, 1.165) is 57.1 Å². The third kappa shape index (κ3) is 4.68. The molecule has 1 atom stereocenters. The lowest BCUT2D eigenvalue weighted by Crippen LogP contribution is -2.44. The highest BCUT2D eigenvalue weighted by Gasteiger charge is 2.39. The van der Waals surface area contributed by atoms with Gasteiger partial charge in [0, 0.05) is 30.7 Å². The van der Waals surface area contributed by atoms with E-state index in [1.54, 1.807) is 0 Å². The number of hydrogen-bond donors (Lipinski definition) is 0. The Hall–Kier alpha value is -2.37. The van der Waals surface area contributed by atoms with Gasteiger partial charge in [0.1, 0.15) is 0 Å². The maximum Gasteiger partial charge on any atom is 0.311 e. The summed E-state index contributed by atoms with van der Waals surface area (Å²) >= 11 is 0. The van der Waals surface area contributed by atoms with Crippen molar-refractivity contribution in [1.82, 2.24) is 4.90 Å². The molecule has 4 rings (SSSR count). The SMILES string of the molecule is O=C(OCC(=O)N(c1ccccc1)C1CCCCC1)[C@H]1CC(=O)N(C2CCCC2)C1. The maximum atomic E-state index is 13.1. The number of anilines is 1. The Balaban J connectivity index is 1.36. The van der Waals surface area contributed by atoms with E-state index in [9.17, 15) is 14.4 Å². The third-order valence-corrected chi connectivity index (χ3v) is 6.84. The Morgan fingerprint density at radius 3 is 2.33 bits per heavy atom. The van der Waals surface area contributed by atoms with Crippen LogP contribution in [0.25, 0.3) is 0 Å². The summed E-state index contributed by atoms with van der Waals surface area (Å²) in [4.78, 5) is 41.7. The van der Waals surface area contributed by atoms with E-state index in [1.807, 2.05) is 40.1 Å². The second-order valence-electron chi connectivity index (χ2n) is 8.88. The molecule has 0 spiro atoms. The molecule has 0 radical (unpaired) electrons. The van der Waals surface area contributed by atoms with Crippen LogP contribution < -0.4 is 4.90 Å². The minimum absolute atomic E-state index is 0.0447. The molecule has 0 bridgehead atoms. The minimum atomic E-state index is -0.453. The van der Waals surface area contributed by atoms with Gasteiger partial charge in [-0.05, 0) is 37.8 Å². The summed E-state index contributed by atoms with van der Waals surface area (Å²) in [6.45, 7) is 0.167. The molecule has 3 aliphatic rings. The number of carbonyl (C=O) groups is 3. The molecule has 2 saturated carbocycles. The quantitative estimate of drug-likeness (QED) is 0.669. The van der Waals surface area contributed by atoms with Crippen LogP contribution in [0.3, 0.4) is 0 Å². The first-order valence-electron chi connectivity index (χ1n) is 11.5. The second kappa shape index (κ2) is 9.63. The zero-order valence-corrected chi connectivity index (χ0v) is 17.6. The number of para-hydroxylation sites is 1. The summed E-state index contributed by atoms with van der Waals surface area (Å²) in [7, 11) is 0. The lowest BCUT2D eigenvalue weighted by molar-refractivity contribution is -0.152. The van der Waals surface area contributed by atoms with Crippen molar-refractivity contribution >= 4 is 23.5 Å². The molecule has 2 aliphatic carbocycles. The molecule has 1 aromatic rings. The van der Waals surface area contributed by atoms with Crippen molar-refractivity contribution in [3.05, 3.63) is 30.3 Å². The fraction of sp³-hybridized carbons (Fsp3) is 0.625. The van der Waals surface area contributed by atoms with Crippen LogP contribution in [0.2, 0.25) is 0 Å². The molecule has 1 saturated heterocycles. The van der Waals surface area contributed by atoms with Gasteiger partial charge < -0.3 is 14.5 Å². The third-order valence-electron chi connectivity index (χ3n) is 6.84. The van der Waals surface area contributed by atoms with Crippen LogP contribution >= 0.6 is 0 Å². The van der Waals surface area contributed by atoms with Crippen molar-refractivity contribution in [3.8, 4) is 0 Å². The average molecular weight is 413 g/mol. The van der Waals surface area contributed by atoms with Gasteiger partial charge in [0.25, 0.3) is 5.91 Å². The number of esters is 1. The van der Waals surface area contributed by atoms with E-state index in [2.05, 4.69) is 0 Å². The Bertz CT molecular complexity index is 754. The number of hydrogen-bond acceptors (Lipinski definition) is 4. The zero-order chi connectivity index (χ0) is 20.9. The number of benzene rings is 1. The molecule has 6 heteroatoms. The van der Waals surface area contributed by atoms with Crippen LogP contribution in [0, 0.1) is 5.92 Å². The van der Waals surface area contributed by atoms with Crippen LogP contribution in [0.1, 0.15) is 64.2 Å². The lowest BCUT2D eigenvalue weighted by Gasteiger charge is -2.34. The summed E-state index contributed by atoms with van der Waals surface area (Å²) in [5.74, 6) is -1.01. The summed E-state index contributed by atoms with van der Waals surface area (Å²) in [6, 6.07) is 10.1. The highest BCUT2D eigenvalue weighted by Crippen LogP contribution is 2.30. The molecular formula is C24H32N2O4. The van der Waals surface area contributed by atoms with E-state index in [-0.39, 0.29) is 36.9 Å².